The van der Waals surface area contributed by atoms with Crippen LogP contribution in [0.5, 0.6) is 5.75 Å². The second-order valence-electron chi connectivity index (χ2n) is 3.79. The van der Waals surface area contributed by atoms with Gasteiger partial charge in [0, 0.05) is 12.1 Å². The minimum absolute atomic E-state index is 0.449. The highest BCUT2D eigenvalue weighted by atomic mass is 16.5. The number of primary amides is 1. The molecular formula is C12H11N3O2. The van der Waals surface area contributed by atoms with Gasteiger partial charge in [0.15, 0.2) is 5.75 Å². The van der Waals surface area contributed by atoms with Crippen LogP contribution in [0.4, 0.5) is 5.69 Å². The summed E-state index contributed by atoms with van der Waals surface area (Å²) in [6.07, 6.45) is 5.53. The van der Waals surface area contributed by atoms with Crippen LogP contribution < -0.4 is 20.9 Å². The number of amides is 1. The molecule has 3 N–H and O–H groups in total. The molecule has 2 aliphatic rings. The Hall–Kier alpha value is -2.27. The number of fused-ring (bicyclic) bond motifs is 3. The maximum absolute atomic E-state index is 11.2. The number of ether oxygens (including phenoxy) is 1. The number of carbonyl (C=O) groups is 1. The fraction of sp³-hybridized carbons (Fsp3) is 0.0833. The summed E-state index contributed by atoms with van der Waals surface area (Å²) in [5.74, 6) is 0.235. The van der Waals surface area contributed by atoms with Gasteiger partial charge in [-0.25, -0.2) is 5.43 Å². The molecule has 5 heteroatoms. The second kappa shape index (κ2) is 3.64. The number of hydrazine groups is 1. The van der Waals surface area contributed by atoms with Crippen LogP contribution in [0.25, 0.3) is 0 Å². The summed E-state index contributed by atoms with van der Waals surface area (Å²) in [4.78, 5) is 11.2. The Morgan fingerprint density at radius 2 is 2.35 bits per heavy atom. The predicted octanol–water partition coefficient (Wildman–Crippen LogP) is 0.900. The molecule has 0 fully saturated rings. The quantitative estimate of drug-likeness (QED) is 0.750. The minimum Gasteiger partial charge on any atom is -0.463 e. The maximum atomic E-state index is 11.2. The first kappa shape index (κ1) is 9.92. The zero-order valence-corrected chi connectivity index (χ0v) is 9.01. The summed E-state index contributed by atoms with van der Waals surface area (Å²) in [5.41, 5.74) is 10.7. The molecule has 17 heavy (non-hydrogen) atoms. The lowest BCUT2D eigenvalue weighted by Gasteiger charge is -2.21. The summed E-state index contributed by atoms with van der Waals surface area (Å²) < 4.78 is 5.46. The summed E-state index contributed by atoms with van der Waals surface area (Å²) in [6.45, 7) is 0.750. The SMILES string of the molecule is NC(=O)c1ccc2c(c1)N1NCC=C1C=CO2. The lowest BCUT2D eigenvalue weighted by molar-refractivity contribution is 0.100. The largest absolute Gasteiger partial charge is 0.463 e. The lowest BCUT2D eigenvalue weighted by atomic mass is 10.1. The maximum Gasteiger partial charge on any atom is 0.248 e. The summed E-state index contributed by atoms with van der Waals surface area (Å²) in [5, 5.41) is 1.88. The molecule has 0 aromatic heterocycles. The summed E-state index contributed by atoms with van der Waals surface area (Å²) in [6, 6.07) is 5.11. The molecule has 0 aliphatic carbocycles. The Balaban J connectivity index is 2.13. The Morgan fingerprint density at radius 1 is 1.47 bits per heavy atom. The molecule has 0 spiro atoms. The smallest absolute Gasteiger partial charge is 0.248 e. The molecule has 0 bridgehead atoms. The van der Waals surface area contributed by atoms with E-state index >= 15 is 0 Å². The van der Waals surface area contributed by atoms with Gasteiger partial charge in [-0.15, -0.1) is 0 Å². The van der Waals surface area contributed by atoms with E-state index in [0.29, 0.717) is 11.3 Å². The zero-order valence-electron chi connectivity index (χ0n) is 9.01. The van der Waals surface area contributed by atoms with Crippen molar-refractivity contribution < 1.29 is 9.53 Å². The molecule has 2 aliphatic heterocycles. The van der Waals surface area contributed by atoms with Gasteiger partial charge in [-0.1, -0.05) is 0 Å². The first-order valence-corrected chi connectivity index (χ1v) is 5.26. The van der Waals surface area contributed by atoms with Gasteiger partial charge in [0.05, 0.1) is 12.0 Å². The van der Waals surface area contributed by atoms with Crippen molar-refractivity contribution in [1.29, 1.82) is 0 Å². The van der Waals surface area contributed by atoms with E-state index < -0.39 is 5.91 Å². The molecule has 0 saturated heterocycles. The van der Waals surface area contributed by atoms with E-state index in [9.17, 15) is 4.79 Å². The van der Waals surface area contributed by atoms with Crippen LogP contribution in [-0.2, 0) is 0 Å². The average molecular weight is 229 g/mol. The highest BCUT2D eigenvalue weighted by molar-refractivity contribution is 5.94. The number of hydrogen-bond donors (Lipinski definition) is 2. The molecule has 5 nitrogen and oxygen atoms in total. The molecule has 86 valence electrons. The molecule has 2 heterocycles. The normalized spacial score (nSPS) is 16.7. The van der Waals surface area contributed by atoms with E-state index in [4.69, 9.17) is 10.5 Å². The van der Waals surface area contributed by atoms with Crippen LogP contribution in [0.1, 0.15) is 10.4 Å². The summed E-state index contributed by atoms with van der Waals surface area (Å²) >= 11 is 0. The van der Waals surface area contributed by atoms with Gasteiger partial charge in [0.1, 0.15) is 5.69 Å². The topological polar surface area (TPSA) is 67.6 Å². The van der Waals surface area contributed by atoms with E-state index in [0.717, 1.165) is 17.9 Å². The van der Waals surface area contributed by atoms with Crippen LogP contribution in [0, 0.1) is 0 Å². The Kier molecular flexibility index (Phi) is 2.12. The number of nitrogens with one attached hydrogen (secondary N) is 1. The van der Waals surface area contributed by atoms with E-state index in [1.807, 2.05) is 17.2 Å². The molecule has 0 unspecified atom stereocenters. The van der Waals surface area contributed by atoms with Crippen LogP contribution in [-0.4, -0.2) is 12.5 Å². The van der Waals surface area contributed by atoms with Crippen LogP contribution in [0.15, 0.2) is 42.3 Å². The van der Waals surface area contributed by atoms with Crippen LogP contribution in [0.2, 0.25) is 0 Å². The minimum atomic E-state index is -0.449. The van der Waals surface area contributed by atoms with Crippen molar-refractivity contribution in [3.63, 3.8) is 0 Å². The van der Waals surface area contributed by atoms with Gasteiger partial charge in [-0.3, -0.25) is 9.80 Å². The van der Waals surface area contributed by atoms with Crippen LogP contribution in [0.3, 0.4) is 0 Å². The standard InChI is InChI=1S/C12H11N3O2/c13-12(16)8-1-2-11-10(7-8)15-9(3-5-14-15)4-6-17-11/h1-4,6-7,14H,5H2,(H2,13,16). The fourth-order valence-corrected chi connectivity index (χ4v) is 1.91. The number of benzene rings is 1. The molecule has 0 radical (unpaired) electrons. The van der Waals surface area contributed by atoms with E-state index in [1.54, 1.807) is 24.5 Å². The van der Waals surface area contributed by atoms with Crippen molar-refractivity contribution >= 4 is 11.6 Å². The Labute approximate surface area is 98.1 Å². The van der Waals surface area contributed by atoms with Gasteiger partial charge < -0.3 is 10.5 Å². The molecule has 0 atom stereocenters. The fourth-order valence-electron chi connectivity index (χ4n) is 1.91. The highest BCUT2D eigenvalue weighted by Gasteiger charge is 2.21. The van der Waals surface area contributed by atoms with Crippen molar-refractivity contribution in [2.45, 2.75) is 0 Å². The van der Waals surface area contributed by atoms with Gasteiger partial charge >= 0.3 is 0 Å². The van der Waals surface area contributed by atoms with E-state index in [-0.39, 0.29) is 0 Å². The first-order chi connectivity index (χ1) is 8.25. The van der Waals surface area contributed by atoms with Gasteiger partial charge in [-0.05, 0) is 30.4 Å². The van der Waals surface area contributed by atoms with Gasteiger partial charge in [-0.2, -0.15) is 0 Å². The highest BCUT2D eigenvalue weighted by Crippen LogP contribution is 2.34. The van der Waals surface area contributed by atoms with Gasteiger partial charge in [0.25, 0.3) is 0 Å². The Bertz CT molecular complexity index is 549. The van der Waals surface area contributed by atoms with Gasteiger partial charge in [0.2, 0.25) is 5.91 Å². The number of anilines is 1. The van der Waals surface area contributed by atoms with Crippen molar-refractivity contribution in [3.05, 3.63) is 47.9 Å². The van der Waals surface area contributed by atoms with E-state index in [2.05, 4.69) is 5.43 Å². The lowest BCUT2D eigenvalue weighted by Crippen LogP contribution is -2.31. The molecule has 1 aromatic carbocycles. The predicted molar refractivity (Wildman–Crippen MR) is 63.3 cm³/mol. The molecule has 1 aromatic rings. The number of nitrogens with zero attached hydrogens (tertiary/aromatic N) is 1. The van der Waals surface area contributed by atoms with Crippen molar-refractivity contribution in [3.8, 4) is 5.75 Å². The van der Waals surface area contributed by atoms with Crippen molar-refractivity contribution in [2.75, 3.05) is 11.6 Å². The number of rotatable bonds is 1. The number of carbonyl (C=O) groups excluding carboxylic acids is 1. The molecule has 0 saturated carbocycles. The third kappa shape index (κ3) is 1.57. The van der Waals surface area contributed by atoms with Crippen molar-refractivity contribution in [1.82, 2.24) is 5.43 Å². The molecular weight excluding hydrogens is 218 g/mol. The summed E-state index contributed by atoms with van der Waals surface area (Å²) in [7, 11) is 0. The first-order valence-electron chi connectivity index (χ1n) is 5.26. The molecule has 1 amide bonds. The number of hydrogen-bond acceptors (Lipinski definition) is 4. The average Bonchev–Trinajstić information content (AvgIpc) is 2.71. The Morgan fingerprint density at radius 3 is 3.18 bits per heavy atom. The zero-order chi connectivity index (χ0) is 11.8. The number of nitrogens with two attached hydrogens (primary N) is 1. The van der Waals surface area contributed by atoms with Crippen molar-refractivity contribution in [2.24, 2.45) is 5.73 Å². The second-order valence-corrected chi connectivity index (χ2v) is 3.79. The third-order valence-electron chi connectivity index (χ3n) is 2.74. The van der Waals surface area contributed by atoms with Crippen LogP contribution >= 0.6 is 0 Å². The number of allylic oxidation sites excluding steroid dienone is 1. The monoisotopic (exact) mass is 229 g/mol. The third-order valence-corrected chi connectivity index (χ3v) is 2.74. The molecule has 3 rings (SSSR count). The van der Waals surface area contributed by atoms with E-state index in [1.165, 1.54) is 0 Å².